The van der Waals surface area contributed by atoms with Crippen molar-refractivity contribution in [3.63, 3.8) is 0 Å². The third-order valence-electron chi connectivity index (χ3n) is 4.16. The van der Waals surface area contributed by atoms with Crippen molar-refractivity contribution in [2.75, 3.05) is 0 Å². The highest BCUT2D eigenvalue weighted by Gasteiger charge is 2.21. The van der Waals surface area contributed by atoms with Gasteiger partial charge in [0.1, 0.15) is 16.9 Å². The number of carbonyl (C=O) groups is 1. The van der Waals surface area contributed by atoms with E-state index in [0.29, 0.717) is 5.75 Å². The zero-order chi connectivity index (χ0) is 17.0. The van der Waals surface area contributed by atoms with Crippen molar-refractivity contribution < 1.29 is 9.53 Å². The fourth-order valence-electron chi connectivity index (χ4n) is 3.17. The molecule has 0 radical (unpaired) electrons. The van der Waals surface area contributed by atoms with Crippen LogP contribution in [0.15, 0.2) is 30.5 Å². The Labute approximate surface area is 138 Å². The van der Waals surface area contributed by atoms with E-state index >= 15 is 0 Å². The van der Waals surface area contributed by atoms with Crippen LogP contribution >= 0.6 is 0 Å². The number of esters is 1. The Kier molecular flexibility index (Phi) is 3.09. The molecule has 0 saturated carbocycles. The molecular formula is C18H18N4O2. The third-order valence-corrected chi connectivity index (χ3v) is 4.16. The molecule has 3 aromatic heterocycles. The molecule has 0 saturated heterocycles. The van der Waals surface area contributed by atoms with Gasteiger partial charge in [0.25, 0.3) is 0 Å². The lowest BCUT2D eigenvalue weighted by molar-refractivity contribution is -0.131. The summed E-state index contributed by atoms with van der Waals surface area (Å²) in [6.07, 6.45) is 1.84. The van der Waals surface area contributed by atoms with Crippen LogP contribution in [0.25, 0.3) is 27.7 Å². The SMILES string of the molecule is CC(=O)Oc1cn(C(C)C)c2nc(C)n3c4ccccc4nc3c12. The van der Waals surface area contributed by atoms with Crippen molar-refractivity contribution >= 4 is 33.7 Å². The van der Waals surface area contributed by atoms with E-state index in [9.17, 15) is 4.79 Å². The van der Waals surface area contributed by atoms with Crippen molar-refractivity contribution in [2.24, 2.45) is 0 Å². The second kappa shape index (κ2) is 5.06. The molecule has 4 aromatic rings. The number of rotatable bonds is 2. The molecule has 0 aliphatic rings. The first-order valence-electron chi connectivity index (χ1n) is 7.94. The van der Waals surface area contributed by atoms with Crippen molar-refractivity contribution in [1.29, 1.82) is 0 Å². The normalized spacial score (nSPS) is 11.9. The topological polar surface area (TPSA) is 61.4 Å². The first kappa shape index (κ1) is 14.7. The van der Waals surface area contributed by atoms with Gasteiger partial charge in [0.05, 0.1) is 11.0 Å². The Morgan fingerprint density at radius 3 is 2.62 bits per heavy atom. The molecule has 6 nitrogen and oxygen atoms in total. The van der Waals surface area contributed by atoms with Crippen LogP contribution in [-0.4, -0.2) is 24.9 Å². The second-order valence-electron chi connectivity index (χ2n) is 6.21. The van der Waals surface area contributed by atoms with Crippen LogP contribution in [-0.2, 0) is 4.79 Å². The maximum absolute atomic E-state index is 11.5. The van der Waals surface area contributed by atoms with Gasteiger partial charge in [0, 0.05) is 19.2 Å². The number of hydrogen-bond acceptors (Lipinski definition) is 4. The standard InChI is InChI=1S/C18H18N4O2/c1-10(2)21-9-15(24-12(4)23)16-17(21)19-11(3)22-14-8-6-5-7-13(14)20-18(16)22/h5-10H,1-4H3. The maximum atomic E-state index is 11.5. The number of benzene rings is 1. The van der Waals surface area contributed by atoms with Gasteiger partial charge in [-0.25, -0.2) is 9.97 Å². The third kappa shape index (κ3) is 1.99. The van der Waals surface area contributed by atoms with Gasteiger partial charge in [0.2, 0.25) is 0 Å². The number of ether oxygens (including phenoxy) is 1. The number of hydrogen-bond donors (Lipinski definition) is 0. The smallest absolute Gasteiger partial charge is 0.308 e. The summed E-state index contributed by atoms with van der Waals surface area (Å²) in [4.78, 5) is 21.1. The van der Waals surface area contributed by atoms with Crippen LogP contribution in [0.4, 0.5) is 0 Å². The molecule has 0 unspecified atom stereocenters. The summed E-state index contributed by atoms with van der Waals surface area (Å²) >= 11 is 0. The average Bonchev–Trinajstić information content (AvgIpc) is 3.05. The number of aryl methyl sites for hydroxylation is 1. The van der Waals surface area contributed by atoms with Crippen LogP contribution in [0, 0.1) is 6.92 Å². The van der Waals surface area contributed by atoms with Gasteiger partial charge in [-0.15, -0.1) is 0 Å². The molecule has 0 aliphatic heterocycles. The quantitative estimate of drug-likeness (QED) is 0.529. The van der Waals surface area contributed by atoms with Crippen molar-refractivity contribution in [3.8, 4) is 5.75 Å². The van der Waals surface area contributed by atoms with E-state index < -0.39 is 0 Å². The van der Waals surface area contributed by atoms with Gasteiger partial charge in [-0.1, -0.05) is 12.1 Å². The Hall–Kier alpha value is -2.89. The van der Waals surface area contributed by atoms with Gasteiger partial charge < -0.3 is 9.30 Å². The minimum atomic E-state index is -0.354. The van der Waals surface area contributed by atoms with Crippen LogP contribution in [0.1, 0.15) is 32.6 Å². The summed E-state index contributed by atoms with van der Waals surface area (Å²) < 4.78 is 9.47. The van der Waals surface area contributed by atoms with Gasteiger partial charge >= 0.3 is 5.97 Å². The van der Waals surface area contributed by atoms with Crippen molar-refractivity contribution in [1.82, 2.24) is 18.9 Å². The molecule has 0 N–H and O–H groups in total. The molecule has 0 spiro atoms. The molecule has 0 aliphatic carbocycles. The Morgan fingerprint density at radius 1 is 1.17 bits per heavy atom. The molecule has 4 rings (SSSR count). The van der Waals surface area contributed by atoms with E-state index in [-0.39, 0.29) is 12.0 Å². The van der Waals surface area contributed by atoms with E-state index in [1.807, 2.05) is 46.4 Å². The molecule has 0 amide bonds. The summed E-state index contributed by atoms with van der Waals surface area (Å²) in [5.41, 5.74) is 3.42. The largest absolute Gasteiger partial charge is 0.424 e. The predicted molar refractivity (Wildman–Crippen MR) is 92.4 cm³/mol. The number of fused-ring (bicyclic) bond motifs is 5. The second-order valence-corrected chi connectivity index (χ2v) is 6.21. The van der Waals surface area contributed by atoms with Gasteiger partial charge in [-0.3, -0.25) is 9.20 Å². The first-order valence-corrected chi connectivity index (χ1v) is 7.94. The summed E-state index contributed by atoms with van der Waals surface area (Å²) in [7, 11) is 0. The average molecular weight is 322 g/mol. The molecule has 122 valence electrons. The lowest BCUT2D eigenvalue weighted by Crippen LogP contribution is -2.03. The fraction of sp³-hybridized carbons (Fsp3) is 0.278. The zero-order valence-electron chi connectivity index (χ0n) is 14.1. The number of imidazole rings is 1. The van der Waals surface area contributed by atoms with E-state index in [2.05, 4.69) is 13.8 Å². The predicted octanol–water partition coefficient (Wildman–Crippen LogP) is 3.65. The number of para-hydroxylation sites is 2. The Bertz CT molecular complexity index is 1100. The lowest BCUT2D eigenvalue weighted by atomic mass is 10.3. The van der Waals surface area contributed by atoms with E-state index in [4.69, 9.17) is 14.7 Å². The number of nitrogens with zero attached hydrogens (tertiary/aromatic N) is 4. The molecule has 0 bridgehead atoms. The fourth-order valence-corrected chi connectivity index (χ4v) is 3.17. The van der Waals surface area contributed by atoms with Gasteiger partial charge in [-0.05, 0) is 32.9 Å². The highest BCUT2D eigenvalue weighted by atomic mass is 16.5. The minimum Gasteiger partial charge on any atom is -0.424 e. The summed E-state index contributed by atoms with van der Waals surface area (Å²) in [6.45, 7) is 7.50. The molecule has 0 fully saturated rings. The van der Waals surface area contributed by atoms with Crippen molar-refractivity contribution in [2.45, 2.75) is 33.7 Å². The minimum absolute atomic E-state index is 0.190. The zero-order valence-corrected chi connectivity index (χ0v) is 14.1. The number of aromatic nitrogens is 4. The van der Waals surface area contributed by atoms with Gasteiger partial charge in [0.15, 0.2) is 11.4 Å². The lowest BCUT2D eigenvalue weighted by Gasteiger charge is -2.09. The highest BCUT2D eigenvalue weighted by Crippen LogP contribution is 2.34. The van der Waals surface area contributed by atoms with E-state index in [1.54, 1.807) is 0 Å². The molecule has 1 aromatic carbocycles. The molecule has 0 atom stereocenters. The summed E-state index contributed by atoms with van der Waals surface area (Å²) in [6, 6.07) is 8.11. The molecule has 24 heavy (non-hydrogen) atoms. The molecular weight excluding hydrogens is 304 g/mol. The van der Waals surface area contributed by atoms with Crippen molar-refractivity contribution in [3.05, 3.63) is 36.3 Å². The Balaban J connectivity index is 2.22. The summed E-state index contributed by atoms with van der Waals surface area (Å²) in [5.74, 6) is 0.993. The Morgan fingerprint density at radius 2 is 1.92 bits per heavy atom. The van der Waals surface area contributed by atoms with Crippen LogP contribution in [0.3, 0.4) is 0 Å². The summed E-state index contributed by atoms with van der Waals surface area (Å²) in [5, 5.41) is 0.765. The van der Waals surface area contributed by atoms with E-state index in [1.165, 1.54) is 6.92 Å². The molecule has 3 heterocycles. The highest BCUT2D eigenvalue weighted by molar-refractivity contribution is 6.00. The van der Waals surface area contributed by atoms with Crippen LogP contribution in [0.2, 0.25) is 0 Å². The monoisotopic (exact) mass is 322 g/mol. The van der Waals surface area contributed by atoms with Crippen LogP contribution < -0.4 is 4.74 Å². The maximum Gasteiger partial charge on any atom is 0.308 e. The number of carbonyl (C=O) groups excluding carboxylic acids is 1. The van der Waals surface area contributed by atoms with E-state index in [0.717, 1.165) is 33.5 Å². The first-order chi connectivity index (χ1) is 11.5. The van der Waals surface area contributed by atoms with Gasteiger partial charge in [-0.2, -0.15) is 0 Å². The van der Waals surface area contributed by atoms with Crippen LogP contribution in [0.5, 0.6) is 5.75 Å². The molecule has 6 heteroatoms.